The Labute approximate surface area is 303 Å². The van der Waals surface area contributed by atoms with E-state index < -0.39 is 0 Å². The van der Waals surface area contributed by atoms with Gasteiger partial charge in [-0.3, -0.25) is 0 Å². The molecule has 0 nitrogen and oxygen atoms in total. The summed E-state index contributed by atoms with van der Waals surface area (Å²) >= 11 is 1.47. The minimum absolute atomic E-state index is 0. The number of hydrogen-bond acceptors (Lipinski definition) is 0. The van der Waals surface area contributed by atoms with Gasteiger partial charge in [-0.1, -0.05) is 0 Å². The van der Waals surface area contributed by atoms with Crippen LogP contribution in [-0.4, -0.2) is 0 Å². The van der Waals surface area contributed by atoms with Crippen LogP contribution in [0, 0.1) is 38.1 Å². The van der Waals surface area contributed by atoms with Crippen molar-refractivity contribution in [3.63, 3.8) is 0 Å². The Hall–Kier alpha value is -2.44. The van der Waals surface area contributed by atoms with Gasteiger partial charge in [-0.15, -0.1) is 0 Å². The van der Waals surface area contributed by atoms with Gasteiger partial charge in [0.1, 0.15) is 0 Å². The number of aryl methyl sites for hydroxylation is 3. The first kappa shape index (κ1) is 36.4. The minimum Gasteiger partial charge on any atom is -1.00 e. The van der Waals surface area contributed by atoms with Gasteiger partial charge in [0.2, 0.25) is 0 Å². The van der Waals surface area contributed by atoms with Crippen molar-refractivity contribution in [2.45, 2.75) is 86.5 Å². The molecular weight excluding hydrogens is 679 g/mol. The molecule has 0 amide bonds. The molecule has 0 saturated carbocycles. The number of fused-ring (bicyclic) bond motifs is 2. The second-order valence-electron chi connectivity index (χ2n) is 15.0. The summed E-state index contributed by atoms with van der Waals surface area (Å²) in [6.45, 7) is 23.4. The monoisotopic (exact) mass is 721 g/mol. The van der Waals surface area contributed by atoms with Crippen LogP contribution in [0.15, 0.2) is 78.9 Å². The molecule has 3 heteroatoms. The van der Waals surface area contributed by atoms with E-state index in [4.69, 9.17) is 0 Å². The van der Waals surface area contributed by atoms with Crippen molar-refractivity contribution in [2.75, 3.05) is 0 Å². The van der Waals surface area contributed by atoms with Gasteiger partial charge in [-0.2, -0.15) is 0 Å². The fourth-order valence-electron chi connectivity index (χ4n) is 7.58. The standard InChI is InChI=1S/C43H45.2ClH.Zr/c1-26-15-19-31(20-16-26)38(32-21-17-27(2)18-22-32)40-39-34-25-36(42(5,6)7)28(3)23-33(34)24-35(39)37(30-13-11-12-14-30)29(4)41(40)43(8,9)10;;;/h11-13,15-23,25H,14H2,1-10H3;2*1H;/q;;;+2/p-2. The van der Waals surface area contributed by atoms with Crippen LogP contribution in [0.25, 0.3) is 14.4 Å². The molecule has 6 rings (SSSR count). The molecule has 0 bridgehead atoms. The van der Waals surface area contributed by atoms with Gasteiger partial charge >= 0.3 is 281 Å². The average molecular weight is 724 g/mol. The third kappa shape index (κ3) is 6.25. The zero-order chi connectivity index (χ0) is 31.7. The van der Waals surface area contributed by atoms with Crippen molar-refractivity contribution < 1.29 is 49.5 Å². The molecule has 0 spiro atoms. The van der Waals surface area contributed by atoms with Crippen LogP contribution in [0.4, 0.5) is 0 Å². The molecule has 0 radical (unpaired) electrons. The SMILES string of the molecule is Cc1ccc(C(c2ccc(C)cc2)=c2c(C(C)(C)C)c(C)c(C3=CC=CC3)c3c2=c2cc(C(C)(C)C)c(C)cc2=[C]3[Zr+2])cc1.[Cl-].[Cl-]. The summed E-state index contributed by atoms with van der Waals surface area (Å²) in [5.41, 5.74) is 16.6. The predicted octanol–water partition coefficient (Wildman–Crippen LogP) is 3.42. The number of hydrogen-bond donors (Lipinski definition) is 0. The van der Waals surface area contributed by atoms with Gasteiger partial charge in [-0.25, -0.2) is 0 Å². The Bertz CT molecular complexity index is 2070. The first-order chi connectivity index (χ1) is 20.7. The fraction of sp³-hybridized carbons (Fsp3) is 0.302. The van der Waals surface area contributed by atoms with Crippen molar-refractivity contribution in [2.24, 2.45) is 0 Å². The summed E-state index contributed by atoms with van der Waals surface area (Å²) in [7, 11) is 0. The van der Waals surface area contributed by atoms with E-state index in [1.54, 1.807) is 0 Å². The molecule has 4 aromatic carbocycles. The fourth-order valence-corrected chi connectivity index (χ4v) is 8.70. The van der Waals surface area contributed by atoms with E-state index in [-0.39, 0.29) is 35.6 Å². The molecule has 0 N–H and O–H groups in total. The number of rotatable bonds is 3. The molecule has 0 heterocycles. The molecule has 0 fully saturated rings. The summed E-state index contributed by atoms with van der Waals surface area (Å²) in [6, 6.07) is 23.5. The Morgan fingerprint density at radius 2 is 1.22 bits per heavy atom. The van der Waals surface area contributed by atoms with E-state index >= 15 is 0 Å². The smallest absolute Gasteiger partial charge is 1.00 e. The third-order valence-corrected chi connectivity index (χ3v) is 10.8. The van der Waals surface area contributed by atoms with Crippen molar-refractivity contribution >= 4 is 14.4 Å². The topological polar surface area (TPSA) is 0 Å². The molecule has 0 aliphatic heterocycles. The maximum atomic E-state index is 2.55. The first-order valence-electron chi connectivity index (χ1n) is 16.0. The van der Waals surface area contributed by atoms with Gasteiger partial charge in [0.25, 0.3) is 0 Å². The van der Waals surface area contributed by atoms with E-state index in [1.807, 2.05) is 0 Å². The van der Waals surface area contributed by atoms with Crippen molar-refractivity contribution in [1.82, 2.24) is 0 Å². The van der Waals surface area contributed by atoms with Crippen molar-refractivity contribution in [3.8, 4) is 0 Å². The first-order valence-corrected chi connectivity index (χ1v) is 17.2. The van der Waals surface area contributed by atoms with Gasteiger partial charge in [-0.05, 0) is 0 Å². The van der Waals surface area contributed by atoms with E-state index in [0.717, 1.165) is 6.42 Å². The van der Waals surface area contributed by atoms with Crippen LogP contribution in [0.3, 0.4) is 0 Å². The second kappa shape index (κ2) is 13.2. The second-order valence-corrected chi connectivity index (χ2v) is 16.2. The summed E-state index contributed by atoms with van der Waals surface area (Å²) in [4.78, 5) is 0. The van der Waals surface area contributed by atoms with Gasteiger partial charge in [0, 0.05) is 0 Å². The van der Waals surface area contributed by atoms with Crippen LogP contribution in [0.2, 0.25) is 0 Å². The zero-order valence-corrected chi connectivity index (χ0v) is 32.9. The normalized spacial score (nSPS) is 13.6. The Balaban J connectivity index is 0.00000240. The molecule has 0 atom stereocenters. The van der Waals surface area contributed by atoms with Crippen LogP contribution >= 0.6 is 0 Å². The zero-order valence-electron chi connectivity index (χ0n) is 29.0. The maximum Gasteiger partial charge on any atom is -1.00 e. The van der Waals surface area contributed by atoms with Crippen LogP contribution in [-0.2, 0) is 35.5 Å². The largest absolute Gasteiger partial charge is 1.00 e. The van der Waals surface area contributed by atoms with Crippen molar-refractivity contribution in [1.29, 1.82) is 0 Å². The molecule has 46 heavy (non-hydrogen) atoms. The molecule has 4 aromatic rings. The Morgan fingerprint density at radius 1 is 0.674 bits per heavy atom. The van der Waals surface area contributed by atoms with Gasteiger partial charge < -0.3 is 24.8 Å². The maximum absolute atomic E-state index is 2.55. The number of benzene rings is 4. The van der Waals surface area contributed by atoms with Gasteiger partial charge in [0.15, 0.2) is 0 Å². The molecular formula is C43H45Cl2Zr. The van der Waals surface area contributed by atoms with E-state index in [0.29, 0.717) is 0 Å². The minimum atomic E-state index is -0.0714. The van der Waals surface area contributed by atoms with Crippen LogP contribution in [0.5, 0.6) is 0 Å². The summed E-state index contributed by atoms with van der Waals surface area (Å²) in [6.07, 6.45) is 7.91. The average Bonchev–Trinajstić information content (AvgIpc) is 3.56. The van der Waals surface area contributed by atoms with E-state index in [2.05, 4.69) is 148 Å². The molecule has 235 valence electrons. The van der Waals surface area contributed by atoms with Crippen LogP contribution in [0.1, 0.15) is 104 Å². The third-order valence-electron chi connectivity index (χ3n) is 9.48. The number of halogens is 2. The predicted molar refractivity (Wildman–Crippen MR) is 185 cm³/mol. The van der Waals surface area contributed by atoms with Crippen LogP contribution < -0.4 is 35.3 Å². The van der Waals surface area contributed by atoms with E-state index in [9.17, 15) is 0 Å². The molecule has 0 aromatic heterocycles. The molecule has 0 saturated heterocycles. The summed E-state index contributed by atoms with van der Waals surface area (Å²) < 4.78 is 1.49. The molecule has 0 unspecified atom stereocenters. The summed E-state index contributed by atoms with van der Waals surface area (Å²) in [5, 5.41) is 5.69. The van der Waals surface area contributed by atoms with E-state index in [1.165, 1.54) is 116 Å². The molecule has 2 aliphatic rings. The van der Waals surface area contributed by atoms with Crippen molar-refractivity contribution in [3.05, 3.63) is 155 Å². The number of allylic oxidation sites excluding steroid dienone is 4. The molecule has 2 aliphatic carbocycles. The Kier molecular flexibility index (Phi) is 10.5. The Morgan fingerprint density at radius 3 is 1.67 bits per heavy atom. The van der Waals surface area contributed by atoms with Gasteiger partial charge in [0.05, 0.1) is 0 Å². The quantitative estimate of drug-likeness (QED) is 0.305. The summed E-state index contributed by atoms with van der Waals surface area (Å²) in [5.74, 6) is 0.